The van der Waals surface area contributed by atoms with Gasteiger partial charge in [0.25, 0.3) is 0 Å². The number of hydrogen-bond donors (Lipinski definition) is 3. The Labute approximate surface area is 594 Å². The first-order valence-corrected chi connectivity index (χ1v) is 43.5. The highest BCUT2D eigenvalue weighted by atomic mass is 31.2. The predicted molar refractivity (Wildman–Crippen MR) is 395 cm³/mol. The highest BCUT2D eigenvalue weighted by molar-refractivity contribution is 7.47. The summed E-state index contributed by atoms with van der Waals surface area (Å²) in [4.78, 5) is 72.9. The van der Waals surface area contributed by atoms with Crippen LogP contribution in [0.4, 0.5) is 0 Å². The first kappa shape index (κ1) is 95.1. The number of aliphatic hydroxyl groups excluding tert-OH is 1. The molecular weight excluding hydrogens is 1270 g/mol. The predicted octanol–water partition coefficient (Wildman–Crippen LogP) is 23.1. The van der Waals surface area contributed by atoms with Crippen molar-refractivity contribution in [3.8, 4) is 0 Å². The largest absolute Gasteiger partial charge is 0.472 e. The van der Waals surface area contributed by atoms with E-state index < -0.39 is 97.5 Å². The Bertz CT molecular complexity index is 1870. The number of aliphatic hydroxyl groups is 1. The minimum absolute atomic E-state index is 0.108. The van der Waals surface area contributed by atoms with Gasteiger partial charge in [0.1, 0.15) is 19.3 Å². The number of phosphoric acid groups is 2. The first-order chi connectivity index (χ1) is 46.9. The molecule has 0 bridgehead atoms. The summed E-state index contributed by atoms with van der Waals surface area (Å²) in [5.74, 6) is -0.525. The van der Waals surface area contributed by atoms with E-state index in [1.54, 1.807) is 0 Å². The second-order valence-electron chi connectivity index (χ2n) is 29.1. The van der Waals surface area contributed by atoms with Crippen LogP contribution < -0.4 is 0 Å². The molecule has 0 aromatic rings. The molecule has 0 aromatic heterocycles. The van der Waals surface area contributed by atoms with E-state index in [2.05, 4.69) is 41.5 Å². The van der Waals surface area contributed by atoms with Gasteiger partial charge >= 0.3 is 39.5 Å². The van der Waals surface area contributed by atoms with E-state index in [0.29, 0.717) is 25.7 Å². The quantitative estimate of drug-likeness (QED) is 0.0222. The van der Waals surface area contributed by atoms with Gasteiger partial charge in [-0.05, 0) is 37.5 Å². The minimum atomic E-state index is -4.96. The zero-order valence-corrected chi connectivity index (χ0v) is 65.2. The van der Waals surface area contributed by atoms with Gasteiger partial charge in [-0.1, -0.05) is 356 Å². The van der Waals surface area contributed by atoms with Crippen LogP contribution in [-0.2, 0) is 65.4 Å². The van der Waals surface area contributed by atoms with Crippen molar-refractivity contribution in [3.63, 3.8) is 0 Å². The summed E-state index contributed by atoms with van der Waals surface area (Å²) in [6.07, 6.45) is 58.1. The van der Waals surface area contributed by atoms with Crippen LogP contribution in [0.5, 0.6) is 0 Å². The molecule has 0 spiro atoms. The maximum absolute atomic E-state index is 13.1. The third-order valence-corrected chi connectivity index (χ3v) is 20.1. The van der Waals surface area contributed by atoms with E-state index in [-0.39, 0.29) is 25.7 Å². The smallest absolute Gasteiger partial charge is 0.462 e. The van der Waals surface area contributed by atoms with Crippen molar-refractivity contribution in [1.29, 1.82) is 0 Å². The molecule has 3 N–H and O–H groups in total. The number of carbonyl (C=O) groups excluding carboxylic acids is 4. The van der Waals surface area contributed by atoms with Crippen molar-refractivity contribution in [2.75, 3.05) is 39.6 Å². The maximum atomic E-state index is 13.1. The molecule has 0 rings (SSSR count). The number of unbranched alkanes of at least 4 members (excludes halogenated alkanes) is 47. The third kappa shape index (κ3) is 72.2. The van der Waals surface area contributed by atoms with Crippen LogP contribution >= 0.6 is 15.6 Å². The van der Waals surface area contributed by atoms with Crippen molar-refractivity contribution >= 4 is 39.5 Å². The molecule has 17 nitrogen and oxygen atoms in total. The van der Waals surface area contributed by atoms with Gasteiger partial charge in [0.15, 0.2) is 12.2 Å². The lowest BCUT2D eigenvalue weighted by Crippen LogP contribution is -2.30. The zero-order valence-electron chi connectivity index (χ0n) is 63.4. The summed E-state index contributed by atoms with van der Waals surface area (Å²) in [7, 11) is -9.91. The molecule has 0 aliphatic rings. The van der Waals surface area contributed by atoms with E-state index in [4.69, 9.17) is 37.0 Å². The fourth-order valence-corrected chi connectivity index (χ4v) is 13.6. The van der Waals surface area contributed by atoms with Crippen molar-refractivity contribution in [2.45, 2.75) is 426 Å². The van der Waals surface area contributed by atoms with Gasteiger partial charge in [-0.25, -0.2) is 9.13 Å². The number of ether oxygens (including phenoxy) is 4. The molecule has 576 valence electrons. The van der Waals surface area contributed by atoms with Crippen molar-refractivity contribution < 1.29 is 80.2 Å². The summed E-state index contributed by atoms with van der Waals surface area (Å²) in [6, 6.07) is 0. The van der Waals surface area contributed by atoms with Gasteiger partial charge in [-0.3, -0.25) is 37.3 Å². The van der Waals surface area contributed by atoms with Gasteiger partial charge in [-0.15, -0.1) is 0 Å². The lowest BCUT2D eigenvalue weighted by atomic mass is 10.0. The highest BCUT2D eigenvalue weighted by Gasteiger charge is 2.30. The van der Waals surface area contributed by atoms with Gasteiger partial charge in [0.2, 0.25) is 0 Å². The maximum Gasteiger partial charge on any atom is 0.472 e. The molecule has 0 fully saturated rings. The van der Waals surface area contributed by atoms with Crippen molar-refractivity contribution in [1.82, 2.24) is 0 Å². The van der Waals surface area contributed by atoms with Crippen molar-refractivity contribution in [3.05, 3.63) is 0 Å². The summed E-state index contributed by atoms with van der Waals surface area (Å²) in [5, 5.41) is 10.6. The van der Waals surface area contributed by atoms with Crippen LogP contribution in [-0.4, -0.2) is 96.7 Å². The average molecular weight is 1420 g/mol. The molecule has 19 heteroatoms. The lowest BCUT2D eigenvalue weighted by molar-refractivity contribution is -0.161. The van der Waals surface area contributed by atoms with Gasteiger partial charge in [0.05, 0.1) is 26.4 Å². The van der Waals surface area contributed by atoms with Crippen LogP contribution in [0.1, 0.15) is 408 Å². The summed E-state index contributed by atoms with van der Waals surface area (Å²) in [5.41, 5.74) is 0. The Hall–Kier alpha value is -1.94. The molecular formula is C78H152O17P2. The Kier molecular flexibility index (Phi) is 68.4. The van der Waals surface area contributed by atoms with E-state index in [1.807, 2.05) is 0 Å². The summed E-state index contributed by atoms with van der Waals surface area (Å²) in [6.45, 7) is 9.66. The first-order valence-electron chi connectivity index (χ1n) is 40.5. The molecule has 0 aromatic carbocycles. The van der Waals surface area contributed by atoms with Crippen molar-refractivity contribution in [2.24, 2.45) is 11.8 Å². The molecule has 2 unspecified atom stereocenters. The molecule has 0 aliphatic heterocycles. The number of esters is 4. The Morgan fingerprint density at radius 3 is 0.701 bits per heavy atom. The summed E-state index contributed by atoms with van der Waals surface area (Å²) >= 11 is 0. The number of hydrogen-bond acceptors (Lipinski definition) is 15. The van der Waals surface area contributed by atoms with Crippen LogP contribution in [0, 0.1) is 11.8 Å². The van der Waals surface area contributed by atoms with E-state index in [0.717, 1.165) is 102 Å². The Balaban J connectivity index is 5.25. The second-order valence-corrected chi connectivity index (χ2v) is 32.0. The molecule has 0 saturated carbocycles. The number of carbonyl (C=O) groups is 4. The van der Waals surface area contributed by atoms with Crippen LogP contribution in [0.15, 0.2) is 0 Å². The molecule has 0 heterocycles. The molecule has 5 atom stereocenters. The van der Waals surface area contributed by atoms with Gasteiger partial charge in [-0.2, -0.15) is 0 Å². The topological polar surface area (TPSA) is 237 Å². The van der Waals surface area contributed by atoms with Gasteiger partial charge < -0.3 is 33.8 Å². The average Bonchev–Trinajstić information content (AvgIpc) is 2.48. The van der Waals surface area contributed by atoms with E-state index in [1.165, 1.54) is 225 Å². The van der Waals surface area contributed by atoms with Crippen LogP contribution in [0.2, 0.25) is 0 Å². The molecule has 97 heavy (non-hydrogen) atoms. The molecule has 0 saturated heterocycles. The second kappa shape index (κ2) is 69.8. The minimum Gasteiger partial charge on any atom is -0.462 e. The SMILES string of the molecule is CCCCCCCCCCCCCCC(=O)OC[C@H](COP(=O)(O)OC[C@H](O)COP(=O)(O)OC[C@@H](COC(=O)CCCCCCCCCCCCCCC(C)C)OC(=O)CCCCCCCCCCCCCCCCCC(C)C)OC(=O)CCCCCCCCCCCCCC. The fraction of sp³-hybridized carbons (Fsp3) is 0.949. The molecule has 0 radical (unpaired) electrons. The Morgan fingerprint density at radius 2 is 0.474 bits per heavy atom. The lowest BCUT2D eigenvalue weighted by Gasteiger charge is -2.21. The summed E-state index contributed by atoms with van der Waals surface area (Å²) < 4.78 is 68.6. The van der Waals surface area contributed by atoms with Crippen LogP contribution in [0.25, 0.3) is 0 Å². The monoisotopic (exact) mass is 1420 g/mol. The molecule has 0 aliphatic carbocycles. The number of rotatable bonds is 77. The standard InChI is InChI=1S/C78H152O17P2/c1-7-9-11-13-15-17-19-30-36-42-48-54-60-75(80)88-66-73(94-77(82)62-56-50-44-38-31-20-18-16-14-12-10-8-2)68-92-96(84,85)90-64-72(79)65-91-97(86,87)93-69-74(67-89-76(81)61-55-49-43-37-32-27-26-29-35-41-47-53-59-71(5)6)95-78(83)63-57-51-45-39-33-25-23-21-22-24-28-34-40-46-52-58-70(3)4/h70-74,79H,7-69H2,1-6H3,(H,84,85)(H,86,87)/t72-,73+,74+/m0/s1. The fourth-order valence-electron chi connectivity index (χ4n) is 12.0. The third-order valence-electron chi connectivity index (χ3n) is 18.2. The van der Waals surface area contributed by atoms with E-state index >= 15 is 0 Å². The Morgan fingerprint density at radius 1 is 0.278 bits per heavy atom. The van der Waals surface area contributed by atoms with Gasteiger partial charge in [0, 0.05) is 25.7 Å². The molecule has 0 amide bonds. The van der Waals surface area contributed by atoms with Crippen LogP contribution in [0.3, 0.4) is 0 Å². The zero-order chi connectivity index (χ0) is 71.4. The number of phosphoric ester groups is 2. The van der Waals surface area contributed by atoms with E-state index in [9.17, 15) is 43.2 Å². The normalized spacial score (nSPS) is 14.0. The highest BCUT2D eigenvalue weighted by Crippen LogP contribution is 2.45.